The lowest BCUT2D eigenvalue weighted by Crippen LogP contribution is -2.48. The van der Waals surface area contributed by atoms with Crippen LogP contribution in [-0.4, -0.2) is 61.0 Å². The maximum atomic E-state index is 13.9. The highest BCUT2D eigenvalue weighted by Gasteiger charge is 2.32. The standard InChI is InChI=1S/C28H30N4O5S2/c1-18-8-13-24(36-4)25-26(18)38-28(30-25)32(17-22-7-5-6-14-29-22)27(33)21-9-11-23(12-10-21)39(34,35)31-15-19(2)37-20(3)16-31/h5-14,19-20H,15-17H2,1-4H3. The van der Waals surface area contributed by atoms with Gasteiger partial charge in [-0.15, -0.1) is 0 Å². The second-order valence-electron chi connectivity index (χ2n) is 9.57. The molecule has 39 heavy (non-hydrogen) atoms. The third kappa shape index (κ3) is 5.53. The summed E-state index contributed by atoms with van der Waals surface area (Å²) in [7, 11) is -2.14. The highest BCUT2D eigenvalue weighted by atomic mass is 32.2. The third-order valence-corrected chi connectivity index (χ3v) is 9.62. The molecule has 5 rings (SSSR count). The summed E-state index contributed by atoms with van der Waals surface area (Å²) in [6, 6.07) is 15.4. The molecule has 0 bridgehead atoms. The Hall–Kier alpha value is -3.38. The smallest absolute Gasteiger partial charge is 0.260 e. The molecule has 1 saturated heterocycles. The van der Waals surface area contributed by atoms with E-state index in [-0.39, 0.29) is 42.6 Å². The van der Waals surface area contributed by atoms with Gasteiger partial charge in [-0.3, -0.25) is 14.7 Å². The first-order valence-corrected chi connectivity index (χ1v) is 14.8. The van der Waals surface area contributed by atoms with Crippen molar-refractivity contribution in [3.63, 3.8) is 0 Å². The van der Waals surface area contributed by atoms with Gasteiger partial charge in [0.05, 0.1) is 41.2 Å². The van der Waals surface area contributed by atoms with Crippen molar-refractivity contribution >= 4 is 42.6 Å². The molecule has 0 saturated carbocycles. The average molecular weight is 567 g/mol. The number of morpholine rings is 1. The number of pyridine rings is 1. The van der Waals surface area contributed by atoms with Crippen LogP contribution < -0.4 is 9.64 Å². The quantitative estimate of drug-likeness (QED) is 0.321. The fraction of sp³-hybridized carbons (Fsp3) is 0.321. The van der Waals surface area contributed by atoms with Gasteiger partial charge in [-0.25, -0.2) is 13.4 Å². The van der Waals surface area contributed by atoms with Gasteiger partial charge in [0.1, 0.15) is 11.3 Å². The molecule has 2 aromatic carbocycles. The van der Waals surface area contributed by atoms with Crippen LogP contribution in [0.5, 0.6) is 5.75 Å². The number of anilines is 1. The summed E-state index contributed by atoms with van der Waals surface area (Å²) in [6.45, 7) is 6.47. The molecule has 0 aliphatic carbocycles. The van der Waals surface area contributed by atoms with Crippen LogP contribution in [0.3, 0.4) is 0 Å². The molecule has 1 aliphatic rings. The predicted octanol–water partition coefficient (Wildman–Crippen LogP) is 4.65. The van der Waals surface area contributed by atoms with Gasteiger partial charge < -0.3 is 9.47 Å². The lowest BCUT2D eigenvalue weighted by Gasteiger charge is -2.34. The molecule has 4 aromatic rings. The number of hydrogen-bond acceptors (Lipinski definition) is 8. The monoisotopic (exact) mass is 566 g/mol. The van der Waals surface area contributed by atoms with Crippen molar-refractivity contribution in [1.29, 1.82) is 0 Å². The van der Waals surface area contributed by atoms with E-state index in [1.807, 2.05) is 51.1 Å². The van der Waals surface area contributed by atoms with Gasteiger partial charge in [-0.1, -0.05) is 23.5 Å². The molecular weight excluding hydrogens is 536 g/mol. The van der Waals surface area contributed by atoms with E-state index >= 15 is 0 Å². The molecule has 0 radical (unpaired) electrons. The molecule has 2 aromatic heterocycles. The normalized spacial score (nSPS) is 18.3. The summed E-state index contributed by atoms with van der Waals surface area (Å²) in [5.74, 6) is 0.318. The summed E-state index contributed by atoms with van der Waals surface area (Å²) in [6.07, 6.45) is 1.29. The Morgan fingerprint density at radius 2 is 1.82 bits per heavy atom. The number of carbonyl (C=O) groups excluding carboxylic acids is 1. The Kier molecular flexibility index (Phi) is 7.68. The second kappa shape index (κ2) is 11.0. The summed E-state index contributed by atoms with van der Waals surface area (Å²) >= 11 is 1.40. The van der Waals surface area contributed by atoms with Crippen LogP contribution in [-0.2, 0) is 21.3 Å². The number of rotatable bonds is 7. The third-order valence-electron chi connectivity index (χ3n) is 6.56. The number of aromatic nitrogens is 2. The van der Waals surface area contributed by atoms with Crippen molar-refractivity contribution in [2.45, 2.75) is 44.4 Å². The van der Waals surface area contributed by atoms with E-state index in [1.54, 1.807) is 30.3 Å². The predicted molar refractivity (Wildman–Crippen MR) is 151 cm³/mol. The molecule has 204 valence electrons. The molecule has 11 heteroatoms. The van der Waals surface area contributed by atoms with E-state index in [9.17, 15) is 13.2 Å². The van der Waals surface area contributed by atoms with Crippen LogP contribution in [0.4, 0.5) is 5.13 Å². The maximum absolute atomic E-state index is 13.9. The van der Waals surface area contributed by atoms with Crippen molar-refractivity contribution in [3.05, 3.63) is 77.6 Å². The van der Waals surface area contributed by atoms with Crippen LogP contribution in [0.25, 0.3) is 10.2 Å². The first-order valence-electron chi connectivity index (χ1n) is 12.6. The topological polar surface area (TPSA) is 102 Å². The number of ether oxygens (including phenoxy) is 2. The number of benzene rings is 2. The highest BCUT2D eigenvalue weighted by molar-refractivity contribution is 7.89. The number of carbonyl (C=O) groups is 1. The number of aryl methyl sites for hydroxylation is 1. The number of nitrogens with zero attached hydrogens (tertiary/aromatic N) is 4. The zero-order valence-electron chi connectivity index (χ0n) is 22.2. The average Bonchev–Trinajstić information content (AvgIpc) is 3.38. The Morgan fingerprint density at radius 1 is 1.10 bits per heavy atom. The van der Waals surface area contributed by atoms with E-state index in [0.29, 0.717) is 27.7 Å². The number of amides is 1. The van der Waals surface area contributed by atoms with Crippen molar-refractivity contribution < 1.29 is 22.7 Å². The van der Waals surface area contributed by atoms with E-state index in [0.717, 1.165) is 10.3 Å². The summed E-state index contributed by atoms with van der Waals surface area (Å²) in [5, 5.41) is 0.501. The summed E-state index contributed by atoms with van der Waals surface area (Å²) < 4.78 is 40.1. The second-order valence-corrected chi connectivity index (χ2v) is 12.5. The fourth-order valence-corrected chi connectivity index (χ4v) is 7.30. The Morgan fingerprint density at radius 3 is 2.46 bits per heavy atom. The Labute approximate surface area is 232 Å². The van der Waals surface area contributed by atoms with E-state index in [4.69, 9.17) is 14.5 Å². The van der Waals surface area contributed by atoms with Gasteiger partial charge in [-0.05, 0) is 68.8 Å². The minimum absolute atomic E-state index is 0.136. The van der Waals surface area contributed by atoms with Crippen LogP contribution in [0.2, 0.25) is 0 Å². The van der Waals surface area contributed by atoms with Crippen molar-refractivity contribution in [2.75, 3.05) is 25.1 Å². The zero-order chi connectivity index (χ0) is 27.7. The molecule has 9 nitrogen and oxygen atoms in total. The fourth-order valence-electron chi connectivity index (χ4n) is 4.66. The molecular formula is C28H30N4O5S2. The van der Waals surface area contributed by atoms with Crippen molar-refractivity contribution in [2.24, 2.45) is 0 Å². The first kappa shape index (κ1) is 27.2. The van der Waals surface area contributed by atoms with E-state index < -0.39 is 10.0 Å². The SMILES string of the molecule is COc1ccc(C)c2sc(N(Cc3ccccn3)C(=O)c3ccc(S(=O)(=O)N4CC(C)OC(C)C4)cc3)nc12. The van der Waals surface area contributed by atoms with E-state index in [2.05, 4.69) is 4.98 Å². The van der Waals surface area contributed by atoms with Crippen molar-refractivity contribution in [1.82, 2.24) is 14.3 Å². The molecule has 0 N–H and O–H groups in total. The Bertz CT molecular complexity index is 1580. The number of methoxy groups -OCH3 is 1. The molecule has 3 heterocycles. The first-order chi connectivity index (χ1) is 18.7. The zero-order valence-corrected chi connectivity index (χ0v) is 23.8. The molecule has 2 atom stereocenters. The van der Waals surface area contributed by atoms with Crippen LogP contribution in [0.1, 0.15) is 35.5 Å². The molecule has 2 unspecified atom stereocenters. The number of sulfonamides is 1. The molecule has 1 amide bonds. The molecule has 0 spiro atoms. The minimum Gasteiger partial charge on any atom is -0.494 e. The minimum atomic E-state index is -3.73. The van der Waals surface area contributed by atoms with Gasteiger partial charge >= 0.3 is 0 Å². The number of hydrogen-bond donors (Lipinski definition) is 0. The summed E-state index contributed by atoms with van der Waals surface area (Å²) in [5.41, 5.74) is 2.76. The van der Waals surface area contributed by atoms with Crippen LogP contribution in [0, 0.1) is 6.92 Å². The number of thiazole rings is 1. The van der Waals surface area contributed by atoms with Gasteiger partial charge in [0, 0.05) is 24.8 Å². The lowest BCUT2D eigenvalue weighted by atomic mass is 10.2. The van der Waals surface area contributed by atoms with Crippen LogP contribution in [0.15, 0.2) is 65.7 Å². The van der Waals surface area contributed by atoms with Gasteiger partial charge in [0.25, 0.3) is 5.91 Å². The highest BCUT2D eigenvalue weighted by Crippen LogP contribution is 2.37. The largest absolute Gasteiger partial charge is 0.494 e. The van der Waals surface area contributed by atoms with Crippen molar-refractivity contribution in [3.8, 4) is 5.75 Å². The lowest BCUT2D eigenvalue weighted by molar-refractivity contribution is -0.0440. The van der Waals surface area contributed by atoms with Crippen LogP contribution >= 0.6 is 11.3 Å². The summed E-state index contributed by atoms with van der Waals surface area (Å²) in [4.78, 5) is 24.8. The molecule has 1 fully saturated rings. The maximum Gasteiger partial charge on any atom is 0.260 e. The van der Waals surface area contributed by atoms with Gasteiger partial charge in [-0.2, -0.15) is 4.31 Å². The van der Waals surface area contributed by atoms with Gasteiger partial charge in [0.15, 0.2) is 5.13 Å². The Balaban J connectivity index is 1.49. The van der Waals surface area contributed by atoms with Gasteiger partial charge in [0.2, 0.25) is 10.0 Å². The van der Waals surface area contributed by atoms with E-state index in [1.165, 1.54) is 27.8 Å². The molecule has 1 aliphatic heterocycles. The number of fused-ring (bicyclic) bond motifs is 1.